The van der Waals surface area contributed by atoms with E-state index >= 15 is 0 Å². The largest absolute Gasteiger partial charge is 0.399 e. The molecule has 0 spiro atoms. The van der Waals surface area contributed by atoms with Crippen molar-refractivity contribution in [2.45, 2.75) is 40.5 Å². The van der Waals surface area contributed by atoms with Gasteiger partial charge in [-0.15, -0.1) is 0 Å². The molecule has 2 rings (SSSR count). The molecule has 1 aromatic carbocycles. The summed E-state index contributed by atoms with van der Waals surface area (Å²) in [4.78, 5) is 4.77. The fourth-order valence-electron chi connectivity index (χ4n) is 1.61. The highest BCUT2D eigenvalue weighted by Crippen LogP contribution is 2.21. The van der Waals surface area contributed by atoms with E-state index in [0.29, 0.717) is 0 Å². The third-order valence-corrected chi connectivity index (χ3v) is 2.16. The Morgan fingerprint density at radius 2 is 1.62 bits per heavy atom. The van der Waals surface area contributed by atoms with Gasteiger partial charge in [-0.1, -0.05) is 57.1 Å². The quantitative estimate of drug-likeness (QED) is 0.656. The molecule has 1 aromatic rings. The van der Waals surface area contributed by atoms with Crippen molar-refractivity contribution in [2.75, 3.05) is 7.11 Å². The van der Waals surface area contributed by atoms with Crippen LogP contribution in [0, 0.1) is 0 Å². The molecule has 1 aliphatic rings. The van der Waals surface area contributed by atoms with Crippen LogP contribution in [0.4, 0.5) is 0 Å². The summed E-state index contributed by atoms with van der Waals surface area (Å²) in [5.74, 6) is 0. The molecular weight excluding hydrogens is 198 g/mol. The van der Waals surface area contributed by atoms with Gasteiger partial charge in [0.05, 0.1) is 5.71 Å². The maximum absolute atomic E-state index is 4.77. The van der Waals surface area contributed by atoms with Crippen molar-refractivity contribution in [1.82, 2.24) is 0 Å². The first-order valence-electron chi connectivity index (χ1n) is 6.10. The predicted octanol–water partition coefficient (Wildman–Crippen LogP) is 4.04. The second-order valence-corrected chi connectivity index (χ2v) is 2.88. The SMILES string of the molecule is CC.CC.CON=C1CCc2ccccc21. The molecule has 0 radical (unpaired) electrons. The first kappa shape index (κ1) is 14.7. The lowest BCUT2D eigenvalue weighted by molar-refractivity contribution is 0.213. The topological polar surface area (TPSA) is 21.6 Å². The molecule has 0 amide bonds. The minimum absolute atomic E-state index is 1.01. The van der Waals surface area contributed by atoms with Crippen molar-refractivity contribution < 1.29 is 4.84 Å². The molecule has 0 heterocycles. The Hall–Kier alpha value is -1.31. The van der Waals surface area contributed by atoms with E-state index in [1.165, 1.54) is 11.1 Å². The average molecular weight is 221 g/mol. The first-order valence-corrected chi connectivity index (χ1v) is 6.10. The molecule has 2 nitrogen and oxygen atoms in total. The van der Waals surface area contributed by atoms with Crippen molar-refractivity contribution in [3.63, 3.8) is 0 Å². The second kappa shape index (κ2) is 8.96. The van der Waals surface area contributed by atoms with E-state index in [4.69, 9.17) is 4.84 Å². The standard InChI is InChI=1S/C10H11NO.2C2H6/c1-12-11-10-7-6-8-4-2-3-5-9(8)10;2*1-2/h2-5H,6-7H2,1H3;2*1-2H3. The Kier molecular flexibility index (Phi) is 8.22. The van der Waals surface area contributed by atoms with Crippen LogP contribution in [0.1, 0.15) is 45.2 Å². The molecule has 0 saturated heterocycles. The van der Waals surface area contributed by atoms with Gasteiger partial charge in [-0.2, -0.15) is 0 Å². The van der Waals surface area contributed by atoms with Crippen LogP contribution in [0.5, 0.6) is 0 Å². The van der Waals surface area contributed by atoms with E-state index < -0.39 is 0 Å². The average Bonchev–Trinajstić information content (AvgIpc) is 2.79. The van der Waals surface area contributed by atoms with Crippen molar-refractivity contribution in [3.8, 4) is 0 Å². The molecule has 0 bridgehead atoms. The number of hydrogen-bond donors (Lipinski definition) is 0. The van der Waals surface area contributed by atoms with E-state index in [1.54, 1.807) is 7.11 Å². The van der Waals surface area contributed by atoms with E-state index in [1.807, 2.05) is 33.8 Å². The van der Waals surface area contributed by atoms with E-state index in [0.717, 1.165) is 18.6 Å². The number of hydrogen-bond acceptors (Lipinski definition) is 2. The van der Waals surface area contributed by atoms with E-state index in [9.17, 15) is 0 Å². The highest BCUT2D eigenvalue weighted by molar-refractivity contribution is 6.04. The maximum Gasteiger partial charge on any atom is 0.106 e. The van der Waals surface area contributed by atoms with Crippen LogP contribution in [-0.2, 0) is 11.3 Å². The molecule has 0 saturated carbocycles. The number of fused-ring (bicyclic) bond motifs is 1. The lowest BCUT2D eigenvalue weighted by Crippen LogP contribution is -1.94. The smallest absolute Gasteiger partial charge is 0.106 e. The maximum atomic E-state index is 4.77. The van der Waals surface area contributed by atoms with E-state index in [2.05, 4.69) is 23.4 Å². The van der Waals surface area contributed by atoms with Gasteiger partial charge in [0.25, 0.3) is 0 Å². The van der Waals surface area contributed by atoms with Crippen molar-refractivity contribution >= 4 is 5.71 Å². The normalized spacial score (nSPS) is 14.2. The summed E-state index contributed by atoms with van der Waals surface area (Å²) < 4.78 is 0. The summed E-state index contributed by atoms with van der Waals surface area (Å²) in [6, 6.07) is 8.34. The van der Waals surface area contributed by atoms with Gasteiger partial charge in [-0.3, -0.25) is 0 Å². The number of benzene rings is 1. The van der Waals surface area contributed by atoms with Gasteiger partial charge in [0.15, 0.2) is 0 Å². The number of aryl methyl sites for hydroxylation is 1. The van der Waals surface area contributed by atoms with Crippen LogP contribution in [0.15, 0.2) is 29.4 Å². The van der Waals surface area contributed by atoms with Crippen LogP contribution < -0.4 is 0 Å². The number of nitrogens with zero attached hydrogens (tertiary/aromatic N) is 1. The molecule has 90 valence electrons. The minimum Gasteiger partial charge on any atom is -0.399 e. The van der Waals surface area contributed by atoms with Gasteiger partial charge in [0.1, 0.15) is 7.11 Å². The Bertz CT molecular complexity index is 318. The molecule has 2 heteroatoms. The zero-order chi connectivity index (χ0) is 12.4. The fraction of sp³-hybridized carbons (Fsp3) is 0.500. The fourth-order valence-corrected chi connectivity index (χ4v) is 1.61. The molecule has 0 aliphatic heterocycles. The molecule has 0 unspecified atom stereocenters. The molecule has 0 fully saturated rings. The highest BCUT2D eigenvalue weighted by atomic mass is 16.6. The third kappa shape index (κ3) is 3.69. The summed E-state index contributed by atoms with van der Waals surface area (Å²) >= 11 is 0. The summed E-state index contributed by atoms with van der Waals surface area (Å²) in [5.41, 5.74) is 3.71. The molecular formula is C14H23NO. The lowest BCUT2D eigenvalue weighted by Gasteiger charge is -1.97. The highest BCUT2D eigenvalue weighted by Gasteiger charge is 2.16. The van der Waals surface area contributed by atoms with Crippen LogP contribution >= 0.6 is 0 Å². The lowest BCUT2D eigenvalue weighted by atomic mass is 10.1. The minimum atomic E-state index is 1.01. The van der Waals surface area contributed by atoms with Gasteiger partial charge in [-0.25, -0.2) is 0 Å². The predicted molar refractivity (Wildman–Crippen MR) is 71.0 cm³/mol. The van der Waals surface area contributed by atoms with Crippen LogP contribution in [-0.4, -0.2) is 12.8 Å². The van der Waals surface area contributed by atoms with Crippen molar-refractivity contribution in [2.24, 2.45) is 5.16 Å². The summed E-state index contributed by atoms with van der Waals surface area (Å²) in [6.07, 6.45) is 2.10. The Morgan fingerprint density at radius 1 is 1.00 bits per heavy atom. The van der Waals surface area contributed by atoms with Crippen LogP contribution in [0.3, 0.4) is 0 Å². The Morgan fingerprint density at radius 3 is 2.25 bits per heavy atom. The van der Waals surface area contributed by atoms with Crippen LogP contribution in [0.25, 0.3) is 0 Å². The van der Waals surface area contributed by atoms with Crippen molar-refractivity contribution in [3.05, 3.63) is 35.4 Å². The zero-order valence-electron chi connectivity index (χ0n) is 11.1. The molecule has 1 aliphatic carbocycles. The molecule has 16 heavy (non-hydrogen) atoms. The van der Waals surface area contributed by atoms with Crippen molar-refractivity contribution in [1.29, 1.82) is 0 Å². The van der Waals surface area contributed by atoms with Gasteiger partial charge < -0.3 is 4.84 Å². The zero-order valence-corrected chi connectivity index (χ0v) is 11.1. The van der Waals surface area contributed by atoms with Gasteiger partial charge in [0, 0.05) is 5.56 Å². The van der Waals surface area contributed by atoms with Gasteiger partial charge in [-0.05, 0) is 18.4 Å². The van der Waals surface area contributed by atoms with E-state index in [-0.39, 0.29) is 0 Å². The Balaban J connectivity index is 0.000000509. The summed E-state index contributed by atoms with van der Waals surface area (Å²) in [6.45, 7) is 8.00. The summed E-state index contributed by atoms with van der Waals surface area (Å²) in [5, 5.41) is 3.98. The van der Waals surface area contributed by atoms with Gasteiger partial charge >= 0.3 is 0 Å². The molecule has 0 N–H and O–H groups in total. The number of oxime groups is 1. The third-order valence-electron chi connectivity index (χ3n) is 2.16. The second-order valence-electron chi connectivity index (χ2n) is 2.88. The van der Waals surface area contributed by atoms with Crippen LogP contribution in [0.2, 0.25) is 0 Å². The summed E-state index contributed by atoms with van der Waals surface area (Å²) in [7, 11) is 1.59. The molecule has 0 atom stereocenters. The Labute approximate surface area is 99.3 Å². The first-order chi connectivity index (χ1) is 7.92. The number of rotatable bonds is 1. The molecule has 0 aromatic heterocycles. The van der Waals surface area contributed by atoms with Gasteiger partial charge in [0.2, 0.25) is 0 Å². The monoisotopic (exact) mass is 221 g/mol.